The third-order valence-electron chi connectivity index (χ3n) is 5.10. The maximum absolute atomic E-state index is 12.9. The number of carbonyl (C=O) groups excluding carboxylic acids is 1. The molecule has 25 heavy (non-hydrogen) atoms. The Morgan fingerprint density at radius 1 is 1.32 bits per heavy atom. The molecule has 134 valence electrons. The smallest absolute Gasteiger partial charge is 0.227 e. The average molecular weight is 360 g/mol. The molecule has 4 rings (SSSR count). The van der Waals surface area contributed by atoms with E-state index in [1.807, 2.05) is 4.90 Å². The second-order valence-electron chi connectivity index (χ2n) is 6.71. The summed E-state index contributed by atoms with van der Waals surface area (Å²) in [5.74, 6) is 1.32. The van der Waals surface area contributed by atoms with Gasteiger partial charge in [-0.3, -0.25) is 4.79 Å². The third-order valence-corrected chi connectivity index (χ3v) is 6.29. The molecule has 6 nitrogen and oxygen atoms in total. The lowest BCUT2D eigenvalue weighted by Gasteiger charge is -2.36. The molecule has 2 fully saturated rings. The van der Waals surface area contributed by atoms with Crippen molar-refractivity contribution in [2.75, 3.05) is 44.3 Å². The van der Waals surface area contributed by atoms with Gasteiger partial charge in [-0.1, -0.05) is 6.92 Å². The molecule has 1 atom stereocenters. The Labute approximate surface area is 151 Å². The van der Waals surface area contributed by atoms with Crippen LogP contribution in [0.1, 0.15) is 24.6 Å². The molecule has 0 saturated carbocycles. The van der Waals surface area contributed by atoms with Gasteiger partial charge in [0.1, 0.15) is 17.0 Å². The van der Waals surface area contributed by atoms with E-state index >= 15 is 0 Å². The van der Waals surface area contributed by atoms with Gasteiger partial charge in [-0.2, -0.15) is 0 Å². The fourth-order valence-corrected chi connectivity index (χ4v) is 4.66. The number of ether oxygens (including phenoxy) is 1. The minimum atomic E-state index is 0.0566. The van der Waals surface area contributed by atoms with Crippen LogP contribution in [0, 0.1) is 5.92 Å². The van der Waals surface area contributed by atoms with E-state index in [4.69, 9.17) is 4.74 Å². The summed E-state index contributed by atoms with van der Waals surface area (Å²) in [6.45, 7) is 6.62. The zero-order chi connectivity index (χ0) is 17.2. The first-order valence-electron chi connectivity index (χ1n) is 9.11. The van der Waals surface area contributed by atoms with Crippen LogP contribution in [-0.4, -0.2) is 60.2 Å². The number of thiophene rings is 1. The van der Waals surface area contributed by atoms with Crippen LogP contribution >= 0.6 is 11.3 Å². The molecular formula is C18H24N4O2S. The van der Waals surface area contributed by atoms with E-state index in [-0.39, 0.29) is 11.8 Å². The Kier molecular flexibility index (Phi) is 4.85. The topological polar surface area (TPSA) is 58.6 Å². The van der Waals surface area contributed by atoms with Crippen LogP contribution in [0.4, 0.5) is 5.82 Å². The van der Waals surface area contributed by atoms with Crippen LogP contribution in [0.2, 0.25) is 0 Å². The molecule has 2 aromatic rings. The molecule has 0 aliphatic carbocycles. The van der Waals surface area contributed by atoms with Crippen molar-refractivity contribution in [2.45, 2.75) is 26.2 Å². The number of hydrogen-bond donors (Lipinski definition) is 0. The van der Waals surface area contributed by atoms with Gasteiger partial charge in [-0.25, -0.2) is 9.97 Å². The first-order valence-corrected chi connectivity index (χ1v) is 9.93. The van der Waals surface area contributed by atoms with E-state index in [2.05, 4.69) is 27.9 Å². The summed E-state index contributed by atoms with van der Waals surface area (Å²) in [5.41, 5.74) is 0. The van der Waals surface area contributed by atoms with Crippen molar-refractivity contribution in [3.63, 3.8) is 0 Å². The van der Waals surface area contributed by atoms with Crippen LogP contribution < -0.4 is 4.90 Å². The molecule has 0 unspecified atom stereocenters. The number of amides is 1. The largest absolute Gasteiger partial charge is 0.378 e. The number of morpholine rings is 1. The van der Waals surface area contributed by atoms with Crippen molar-refractivity contribution >= 4 is 33.3 Å². The van der Waals surface area contributed by atoms with Gasteiger partial charge in [0.25, 0.3) is 0 Å². The van der Waals surface area contributed by atoms with Gasteiger partial charge < -0.3 is 14.5 Å². The second kappa shape index (κ2) is 7.25. The second-order valence-corrected chi connectivity index (χ2v) is 7.82. The number of hydrogen-bond acceptors (Lipinski definition) is 6. The van der Waals surface area contributed by atoms with Gasteiger partial charge in [-0.05, 0) is 25.3 Å². The first kappa shape index (κ1) is 16.7. The lowest BCUT2D eigenvalue weighted by Crippen LogP contribution is -2.48. The molecule has 0 aromatic carbocycles. The van der Waals surface area contributed by atoms with Crippen LogP contribution in [0.5, 0.6) is 0 Å². The third kappa shape index (κ3) is 3.35. The first-order chi connectivity index (χ1) is 12.3. The Hall–Kier alpha value is -1.73. The standard InChI is InChI=1S/C18H24N4O2S/c1-2-14-10-15-16(19-12-20-17(15)25-14)22-5-3-4-13(11-22)18(23)21-6-8-24-9-7-21/h10,12-13H,2-9,11H2,1H3/t13-/m1/s1. The molecule has 2 saturated heterocycles. The highest BCUT2D eigenvalue weighted by atomic mass is 32.1. The van der Waals surface area contributed by atoms with Gasteiger partial charge in [0.2, 0.25) is 5.91 Å². The predicted molar refractivity (Wildman–Crippen MR) is 99.1 cm³/mol. The van der Waals surface area contributed by atoms with E-state index in [9.17, 15) is 4.79 Å². The van der Waals surface area contributed by atoms with E-state index in [0.717, 1.165) is 61.5 Å². The molecule has 4 heterocycles. The molecule has 0 bridgehead atoms. The minimum Gasteiger partial charge on any atom is -0.378 e. The van der Waals surface area contributed by atoms with Gasteiger partial charge in [0, 0.05) is 31.1 Å². The number of carbonyl (C=O) groups is 1. The van der Waals surface area contributed by atoms with Crippen molar-refractivity contribution in [3.05, 3.63) is 17.3 Å². The highest BCUT2D eigenvalue weighted by molar-refractivity contribution is 7.18. The summed E-state index contributed by atoms with van der Waals surface area (Å²) in [5, 5.41) is 1.13. The Morgan fingerprint density at radius 2 is 2.16 bits per heavy atom. The summed E-state index contributed by atoms with van der Waals surface area (Å²) in [6.07, 6.45) is 4.65. The molecule has 1 amide bonds. The van der Waals surface area contributed by atoms with E-state index in [0.29, 0.717) is 13.2 Å². The van der Waals surface area contributed by atoms with Gasteiger partial charge in [0.05, 0.1) is 24.5 Å². The highest BCUT2D eigenvalue weighted by Gasteiger charge is 2.31. The molecule has 2 aromatic heterocycles. The van der Waals surface area contributed by atoms with Crippen LogP contribution in [0.15, 0.2) is 12.4 Å². The predicted octanol–water partition coefficient (Wildman–Crippen LogP) is 2.33. The van der Waals surface area contributed by atoms with Crippen LogP contribution in [0.25, 0.3) is 10.2 Å². The maximum atomic E-state index is 12.9. The SMILES string of the molecule is CCc1cc2c(N3CCC[C@@H](C(=O)N4CCOCC4)C3)ncnc2s1. The van der Waals surface area contributed by atoms with Gasteiger partial charge in [0.15, 0.2) is 0 Å². The number of nitrogens with zero attached hydrogens (tertiary/aromatic N) is 4. The van der Waals surface area contributed by atoms with Crippen molar-refractivity contribution in [2.24, 2.45) is 5.92 Å². The van der Waals surface area contributed by atoms with Crippen molar-refractivity contribution < 1.29 is 9.53 Å². The van der Waals surface area contributed by atoms with Crippen molar-refractivity contribution in [3.8, 4) is 0 Å². The maximum Gasteiger partial charge on any atom is 0.227 e. The molecule has 2 aliphatic heterocycles. The van der Waals surface area contributed by atoms with Crippen molar-refractivity contribution in [1.29, 1.82) is 0 Å². The average Bonchev–Trinajstić information content (AvgIpc) is 3.11. The zero-order valence-electron chi connectivity index (χ0n) is 14.6. The Bertz CT molecular complexity index is 757. The zero-order valence-corrected chi connectivity index (χ0v) is 15.4. The normalized spacial score (nSPS) is 21.7. The quantitative estimate of drug-likeness (QED) is 0.841. The lowest BCUT2D eigenvalue weighted by molar-refractivity contribution is -0.139. The number of fused-ring (bicyclic) bond motifs is 1. The number of aryl methyl sites for hydroxylation is 1. The number of piperidine rings is 1. The Balaban J connectivity index is 1.55. The summed E-state index contributed by atoms with van der Waals surface area (Å²) in [4.78, 5) is 28.5. The van der Waals surface area contributed by atoms with Gasteiger partial charge in [-0.15, -0.1) is 11.3 Å². The Morgan fingerprint density at radius 3 is 2.96 bits per heavy atom. The number of rotatable bonds is 3. The molecule has 7 heteroatoms. The molecule has 0 spiro atoms. The summed E-state index contributed by atoms with van der Waals surface area (Å²) in [6, 6.07) is 2.21. The molecule has 0 N–H and O–H groups in total. The molecule has 2 aliphatic rings. The van der Waals surface area contributed by atoms with E-state index in [1.165, 1.54) is 4.88 Å². The minimum absolute atomic E-state index is 0.0566. The number of anilines is 1. The molecular weight excluding hydrogens is 336 g/mol. The highest BCUT2D eigenvalue weighted by Crippen LogP contribution is 2.32. The van der Waals surface area contributed by atoms with Gasteiger partial charge >= 0.3 is 0 Å². The van der Waals surface area contributed by atoms with Crippen molar-refractivity contribution in [1.82, 2.24) is 14.9 Å². The molecule has 0 radical (unpaired) electrons. The summed E-state index contributed by atoms with van der Waals surface area (Å²) < 4.78 is 5.37. The van der Waals surface area contributed by atoms with E-state index < -0.39 is 0 Å². The number of aromatic nitrogens is 2. The summed E-state index contributed by atoms with van der Waals surface area (Å²) in [7, 11) is 0. The lowest BCUT2D eigenvalue weighted by atomic mass is 9.96. The van der Waals surface area contributed by atoms with Crippen LogP contribution in [-0.2, 0) is 16.0 Å². The van der Waals surface area contributed by atoms with Crippen LogP contribution in [0.3, 0.4) is 0 Å². The summed E-state index contributed by atoms with van der Waals surface area (Å²) >= 11 is 1.74. The van der Waals surface area contributed by atoms with E-state index in [1.54, 1.807) is 17.7 Å². The fourth-order valence-electron chi connectivity index (χ4n) is 3.73. The fraction of sp³-hybridized carbons (Fsp3) is 0.611. The monoisotopic (exact) mass is 360 g/mol.